The summed E-state index contributed by atoms with van der Waals surface area (Å²) in [7, 11) is 0. The second kappa shape index (κ2) is 6.69. The van der Waals surface area contributed by atoms with Gasteiger partial charge in [0.05, 0.1) is 0 Å². The maximum atomic E-state index is 3.61. The van der Waals surface area contributed by atoms with Crippen molar-refractivity contribution >= 4 is 11.3 Å². The Labute approximate surface area is 115 Å². The van der Waals surface area contributed by atoms with Gasteiger partial charge < -0.3 is 5.32 Å². The molecule has 0 aliphatic carbocycles. The Kier molecular flexibility index (Phi) is 5.22. The lowest BCUT2D eigenvalue weighted by molar-refractivity contribution is 0.241. The van der Waals surface area contributed by atoms with Crippen molar-refractivity contribution in [3.05, 3.63) is 21.4 Å². The van der Waals surface area contributed by atoms with E-state index in [1.165, 1.54) is 54.2 Å². The van der Waals surface area contributed by atoms with Gasteiger partial charge in [-0.15, -0.1) is 11.3 Å². The molecule has 1 atom stereocenters. The van der Waals surface area contributed by atoms with Crippen LogP contribution in [0.15, 0.2) is 6.07 Å². The largest absolute Gasteiger partial charge is 0.313 e. The van der Waals surface area contributed by atoms with E-state index in [2.05, 4.69) is 37.1 Å². The van der Waals surface area contributed by atoms with Gasteiger partial charge in [-0.05, 0) is 57.8 Å². The van der Waals surface area contributed by atoms with E-state index in [4.69, 9.17) is 0 Å². The fourth-order valence-electron chi connectivity index (χ4n) is 2.86. The van der Waals surface area contributed by atoms with Gasteiger partial charge in [0, 0.05) is 28.9 Å². The number of nitrogens with zero attached hydrogens (tertiary/aromatic N) is 1. The van der Waals surface area contributed by atoms with Crippen LogP contribution in [0.2, 0.25) is 0 Å². The summed E-state index contributed by atoms with van der Waals surface area (Å²) in [6, 6.07) is 3.08. The maximum Gasteiger partial charge on any atom is 0.0245 e. The highest BCUT2D eigenvalue weighted by Gasteiger charge is 2.18. The van der Waals surface area contributed by atoms with Crippen molar-refractivity contribution in [3.63, 3.8) is 0 Å². The van der Waals surface area contributed by atoms with Crippen molar-refractivity contribution in [2.75, 3.05) is 19.6 Å². The molecule has 0 spiro atoms. The van der Waals surface area contributed by atoms with Crippen molar-refractivity contribution in [2.24, 2.45) is 0 Å². The quantitative estimate of drug-likeness (QED) is 0.849. The van der Waals surface area contributed by atoms with Crippen LogP contribution in [0.25, 0.3) is 0 Å². The van der Waals surface area contributed by atoms with Crippen molar-refractivity contribution < 1.29 is 0 Å². The molecule has 2 nitrogen and oxygen atoms in total. The van der Waals surface area contributed by atoms with E-state index in [0.717, 1.165) is 12.6 Å². The minimum Gasteiger partial charge on any atom is -0.313 e. The SMILES string of the molecule is CCCN(Cc1cc(C)sc1C)CC1CCCN1. The molecule has 1 aliphatic heterocycles. The Morgan fingerprint density at radius 3 is 2.83 bits per heavy atom. The molecular formula is C15H26N2S. The zero-order valence-electron chi connectivity index (χ0n) is 12.0. The van der Waals surface area contributed by atoms with Crippen LogP contribution >= 0.6 is 11.3 Å². The molecule has 1 unspecified atom stereocenters. The number of aryl methyl sites for hydroxylation is 2. The van der Waals surface area contributed by atoms with Crippen molar-refractivity contribution in [3.8, 4) is 0 Å². The number of hydrogen-bond donors (Lipinski definition) is 1. The van der Waals surface area contributed by atoms with Crippen LogP contribution in [-0.2, 0) is 6.54 Å². The number of rotatable bonds is 6. The molecule has 0 amide bonds. The molecule has 1 aromatic heterocycles. The molecular weight excluding hydrogens is 240 g/mol. The molecule has 0 aromatic carbocycles. The van der Waals surface area contributed by atoms with Crippen LogP contribution < -0.4 is 5.32 Å². The molecule has 2 rings (SSSR count). The molecule has 3 heteroatoms. The molecule has 0 saturated carbocycles. The van der Waals surface area contributed by atoms with Gasteiger partial charge in [-0.3, -0.25) is 4.90 Å². The summed E-state index contributed by atoms with van der Waals surface area (Å²) >= 11 is 1.93. The number of nitrogens with one attached hydrogen (secondary N) is 1. The molecule has 1 aromatic rings. The van der Waals surface area contributed by atoms with E-state index in [1.807, 2.05) is 11.3 Å². The van der Waals surface area contributed by atoms with Crippen molar-refractivity contribution in [2.45, 2.75) is 52.6 Å². The summed E-state index contributed by atoms with van der Waals surface area (Å²) in [6.45, 7) is 11.5. The minimum atomic E-state index is 0.719. The standard InChI is InChI=1S/C15H26N2S/c1-4-8-17(11-15-6-5-7-16-15)10-14-9-12(2)18-13(14)3/h9,15-16H,4-8,10-11H2,1-3H3. The Balaban J connectivity index is 1.94. The zero-order valence-corrected chi connectivity index (χ0v) is 12.8. The predicted octanol–water partition coefficient (Wildman–Crippen LogP) is 3.33. The monoisotopic (exact) mass is 266 g/mol. The Morgan fingerprint density at radius 1 is 1.44 bits per heavy atom. The van der Waals surface area contributed by atoms with Crippen LogP contribution in [-0.4, -0.2) is 30.6 Å². The molecule has 1 N–H and O–H groups in total. The van der Waals surface area contributed by atoms with Crippen LogP contribution in [0.1, 0.15) is 41.5 Å². The molecule has 0 bridgehead atoms. The first-order valence-corrected chi connectivity index (χ1v) is 8.02. The Hall–Kier alpha value is -0.380. The van der Waals surface area contributed by atoms with E-state index in [0.29, 0.717) is 0 Å². The predicted molar refractivity (Wildman–Crippen MR) is 80.4 cm³/mol. The van der Waals surface area contributed by atoms with Crippen molar-refractivity contribution in [1.82, 2.24) is 10.2 Å². The molecule has 1 saturated heterocycles. The Morgan fingerprint density at radius 2 is 2.28 bits per heavy atom. The van der Waals surface area contributed by atoms with Gasteiger partial charge >= 0.3 is 0 Å². The summed E-state index contributed by atoms with van der Waals surface area (Å²) in [4.78, 5) is 5.56. The molecule has 0 radical (unpaired) electrons. The van der Waals surface area contributed by atoms with E-state index in [9.17, 15) is 0 Å². The number of thiophene rings is 1. The topological polar surface area (TPSA) is 15.3 Å². The molecule has 2 heterocycles. The van der Waals surface area contributed by atoms with Gasteiger partial charge in [-0.1, -0.05) is 6.92 Å². The number of hydrogen-bond acceptors (Lipinski definition) is 3. The van der Waals surface area contributed by atoms with Gasteiger partial charge in [0.15, 0.2) is 0 Å². The van der Waals surface area contributed by atoms with Gasteiger partial charge in [0.2, 0.25) is 0 Å². The first-order valence-electron chi connectivity index (χ1n) is 7.20. The summed E-state index contributed by atoms with van der Waals surface area (Å²) in [5, 5.41) is 3.61. The first-order chi connectivity index (χ1) is 8.69. The summed E-state index contributed by atoms with van der Waals surface area (Å²) in [5.41, 5.74) is 1.53. The smallest absolute Gasteiger partial charge is 0.0245 e. The summed E-state index contributed by atoms with van der Waals surface area (Å²) < 4.78 is 0. The lowest BCUT2D eigenvalue weighted by atomic mass is 10.1. The summed E-state index contributed by atoms with van der Waals surface area (Å²) in [5.74, 6) is 0. The third kappa shape index (κ3) is 3.81. The fourth-order valence-corrected chi connectivity index (χ4v) is 3.80. The first kappa shape index (κ1) is 14.0. The lowest BCUT2D eigenvalue weighted by Gasteiger charge is -2.25. The lowest BCUT2D eigenvalue weighted by Crippen LogP contribution is -2.37. The highest BCUT2D eigenvalue weighted by Crippen LogP contribution is 2.22. The van der Waals surface area contributed by atoms with Crippen LogP contribution in [0.5, 0.6) is 0 Å². The van der Waals surface area contributed by atoms with Crippen molar-refractivity contribution in [1.29, 1.82) is 0 Å². The van der Waals surface area contributed by atoms with Gasteiger partial charge in [-0.2, -0.15) is 0 Å². The third-order valence-corrected chi connectivity index (χ3v) is 4.73. The summed E-state index contributed by atoms with van der Waals surface area (Å²) in [6.07, 6.45) is 3.94. The Bertz CT molecular complexity index is 367. The average molecular weight is 266 g/mol. The third-order valence-electron chi connectivity index (χ3n) is 3.72. The second-order valence-corrected chi connectivity index (χ2v) is 6.93. The molecule has 102 valence electrons. The highest BCUT2D eigenvalue weighted by atomic mass is 32.1. The highest BCUT2D eigenvalue weighted by molar-refractivity contribution is 7.12. The van der Waals surface area contributed by atoms with Crippen LogP contribution in [0.3, 0.4) is 0 Å². The average Bonchev–Trinajstić information content (AvgIpc) is 2.90. The molecule has 1 fully saturated rings. The van der Waals surface area contributed by atoms with Gasteiger partial charge in [0.1, 0.15) is 0 Å². The zero-order chi connectivity index (χ0) is 13.0. The van der Waals surface area contributed by atoms with E-state index < -0.39 is 0 Å². The molecule has 18 heavy (non-hydrogen) atoms. The van der Waals surface area contributed by atoms with E-state index in [1.54, 1.807) is 0 Å². The minimum absolute atomic E-state index is 0.719. The molecule has 1 aliphatic rings. The normalized spacial score (nSPS) is 19.9. The van der Waals surface area contributed by atoms with E-state index >= 15 is 0 Å². The van der Waals surface area contributed by atoms with E-state index in [-0.39, 0.29) is 0 Å². The van der Waals surface area contributed by atoms with Crippen LogP contribution in [0, 0.1) is 13.8 Å². The maximum absolute atomic E-state index is 3.61. The van der Waals surface area contributed by atoms with Gasteiger partial charge in [0.25, 0.3) is 0 Å². The second-order valence-electron chi connectivity index (χ2n) is 5.47. The van der Waals surface area contributed by atoms with Gasteiger partial charge in [-0.25, -0.2) is 0 Å². The fraction of sp³-hybridized carbons (Fsp3) is 0.733. The van der Waals surface area contributed by atoms with Crippen LogP contribution in [0.4, 0.5) is 0 Å².